The fourth-order valence-corrected chi connectivity index (χ4v) is 7.49. The van der Waals surface area contributed by atoms with Crippen molar-refractivity contribution < 1.29 is 14.3 Å². The Morgan fingerprint density at radius 1 is 1.00 bits per heavy atom. The van der Waals surface area contributed by atoms with Crippen LogP contribution >= 0.6 is 15.9 Å². The third-order valence-corrected chi connectivity index (χ3v) is 9.48. The van der Waals surface area contributed by atoms with Crippen LogP contribution in [0, 0.1) is 11.8 Å². The zero-order chi connectivity index (χ0) is 26.1. The molecular formula is C30H35BrN4O3. The number of alkyl halides is 1. The highest BCUT2D eigenvalue weighted by molar-refractivity contribution is 9.09. The normalized spacial score (nSPS) is 31.9. The number of nitrogens with zero attached hydrogens (tertiary/aromatic N) is 3. The molecule has 1 N–H and O–H groups in total. The molecule has 3 aliphatic heterocycles. The highest BCUT2D eigenvalue weighted by Crippen LogP contribution is 2.48. The minimum atomic E-state index is -0.399. The fourth-order valence-electron chi connectivity index (χ4n) is 6.79. The van der Waals surface area contributed by atoms with Crippen LogP contribution < -0.4 is 5.32 Å². The van der Waals surface area contributed by atoms with Crippen molar-refractivity contribution in [1.82, 2.24) is 15.2 Å². The summed E-state index contributed by atoms with van der Waals surface area (Å²) in [6.07, 6.45) is 3.62. The Morgan fingerprint density at radius 2 is 1.68 bits per heavy atom. The van der Waals surface area contributed by atoms with E-state index in [1.54, 1.807) is 5.01 Å². The number of hydrogen-bond donors (Lipinski definition) is 1. The number of carbonyl (C=O) groups is 2. The highest BCUT2D eigenvalue weighted by Gasteiger charge is 2.50. The number of hydrogen-bond acceptors (Lipinski definition) is 5. The lowest BCUT2D eigenvalue weighted by Crippen LogP contribution is -2.57. The molecule has 6 unspecified atom stereocenters. The smallest absolute Gasteiger partial charge is 0.257 e. The molecule has 200 valence electrons. The highest BCUT2D eigenvalue weighted by atomic mass is 79.9. The van der Waals surface area contributed by atoms with Gasteiger partial charge in [0.15, 0.2) is 0 Å². The average Bonchev–Trinajstić information content (AvgIpc) is 3.39. The van der Waals surface area contributed by atoms with E-state index >= 15 is 0 Å². The number of benzene rings is 2. The Kier molecular flexibility index (Phi) is 7.63. The molecule has 0 radical (unpaired) electrons. The van der Waals surface area contributed by atoms with Crippen LogP contribution in [-0.2, 0) is 14.3 Å². The molecule has 6 atom stereocenters. The topological polar surface area (TPSA) is 74.2 Å². The van der Waals surface area contributed by atoms with E-state index in [9.17, 15) is 9.59 Å². The summed E-state index contributed by atoms with van der Waals surface area (Å²) in [4.78, 5) is 30.0. The Morgan fingerprint density at radius 3 is 2.39 bits per heavy atom. The second kappa shape index (κ2) is 11.3. The maximum Gasteiger partial charge on any atom is 0.257 e. The second-order valence-electron chi connectivity index (χ2n) is 11.0. The van der Waals surface area contributed by atoms with Gasteiger partial charge in [0.1, 0.15) is 0 Å². The SMILES string of the molecule is O=C1NC2CCC(Br)CC2C(c2ccccc2)C1C1=NN(C(=O)CN2CCOCC2)C(c2ccccc2)C1. The number of carbonyl (C=O) groups excluding carboxylic acids is 2. The van der Waals surface area contributed by atoms with E-state index in [-0.39, 0.29) is 29.8 Å². The maximum atomic E-state index is 13.8. The molecule has 8 heteroatoms. The molecule has 2 amide bonds. The fraction of sp³-hybridized carbons (Fsp3) is 0.500. The van der Waals surface area contributed by atoms with Gasteiger partial charge in [-0.05, 0) is 36.3 Å². The first-order chi connectivity index (χ1) is 18.6. The number of amides is 2. The molecule has 1 aliphatic carbocycles. The molecule has 2 saturated heterocycles. The van der Waals surface area contributed by atoms with Crippen molar-refractivity contribution in [2.45, 2.75) is 48.5 Å². The van der Waals surface area contributed by atoms with E-state index in [1.807, 2.05) is 24.3 Å². The van der Waals surface area contributed by atoms with Gasteiger partial charge in [-0.2, -0.15) is 5.10 Å². The Balaban J connectivity index is 1.35. The number of rotatable bonds is 5. The van der Waals surface area contributed by atoms with Gasteiger partial charge in [0.25, 0.3) is 5.91 Å². The molecule has 4 aliphatic rings. The van der Waals surface area contributed by atoms with E-state index < -0.39 is 5.92 Å². The number of fused-ring (bicyclic) bond motifs is 1. The Hall–Kier alpha value is -2.55. The van der Waals surface area contributed by atoms with Gasteiger partial charge in [-0.1, -0.05) is 76.6 Å². The van der Waals surface area contributed by atoms with Gasteiger partial charge in [0.05, 0.1) is 37.4 Å². The van der Waals surface area contributed by atoms with Crippen molar-refractivity contribution in [3.63, 3.8) is 0 Å². The predicted molar refractivity (Wildman–Crippen MR) is 150 cm³/mol. The van der Waals surface area contributed by atoms with E-state index in [2.05, 4.69) is 62.5 Å². The summed E-state index contributed by atoms with van der Waals surface area (Å²) in [5.41, 5.74) is 3.04. The summed E-state index contributed by atoms with van der Waals surface area (Å²) < 4.78 is 5.47. The number of piperidine rings is 1. The first-order valence-electron chi connectivity index (χ1n) is 13.8. The van der Waals surface area contributed by atoms with E-state index in [0.29, 0.717) is 36.9 Å². The van der Waals surface area contributed by atoms with Gasteiger partial charge in [-0.3, -0.25) is 14.5 Å². The summed E-state index contributed by atoms with van der Waals surface area (Å²) >= 11 is 3.88. The van der Waals surface area contributed by atoms with Gasteiger partial charge in [-0.15, -0.1) is 0 Å². The third-order valence-electron chi connectivity index (χ3n) is 8.65. The molecule has 0 aromatic heterocycles. The first kappa shape index (κ1) is 25.7. The Bertz CT molecular complexity index is 1170. The molecule has 2 aromatic rings. The van der Waals surface area contributed by atoms with Crippen LogP contribution in [-0.4, -0.2) is 71.2 Å². The summed E-state index contributed by atoms with van der Waals surface area (Å²) in [6.45, 7) is 3.07. The van der Waals surface area contributed by atoms with Crippen LogP contribution in [0.15, 0.2) is 65.8 Å². The standard InChI is InChI=1S/C30H35BrN4O3/c31-22-11-12-24-23(17-22)28(21-9-5-2-6-10-21)29(30(37)32-24)25-18-26(20-7-3-1-4-8-20)35(33-25)27(36)19-34-13-15-38-16-14-34/h1-10,22-24,26,28-29H,11-19H2,(H,32,37). The predicted octanol–water partition coefficient (Wildman–Crippen LogP) is 4.11. The number of morpholine rings is 1. The molecule has 7 nitrogen and oxygen atoms in total. The number of halogens is 1. The lowest BCUT2D eigenvalue weighted by atomic mass is 9.64. The molecule has 1 saturated carbocycles. The Labute approximate surface area is 232 Å². The number of ether oxygens (including phenoxy) is 1. The molecule has 3 heterocycles. The average molecular weight is 580 g/mol. The van der Waals surface area contributed by atoms with Gasteiger partial charge in [0.2, 0.25) is 5.91 Å². The van der Waals surface area contributed by atoms with Crippen LogP contribution in [0.2, 0.25) is 0 Å². The molecule has 2 aromatic carbocycles. The van der Waals surface area contributed by atoms with E-state index in [4.69, 9.17) is 9.84 Å². The molecule has 38 heavy (non-hydrogen) atoms. The molecule has 0 spiro atoms. The molecule has 3 fully saturated rings. The molecule has 6 rings (SSSR count). The van der Waals surface area contributed by atoms with Gasteiger partial charge in [-0.25, -0.2) is 5.01 Å². The van der Waals surface area contributed by atoms with Crippen LogP contribution in [0.1, 0.15) is 48.8 Å². The monoisotopic (exact) mass is 578 g/mol. The summed E-state index contributed by atoms with van der Waals surface area (Å²) in [5, 5.41) is 10.0. The van der Waals surface area contributed by atoms with Gasteiger partial charge in [0, 0.05) is 36.3 Å². The second-order valence-corrected chi connectivity index (χ2v) is 12.2. The minimum Gasteiger partial charge on any atom is -0.379 e. The quantitative estimate of drug-likeness (QED) is 0.542. The summed E-state index contributed by atoms with van der Waals surface area (Å²) in [5.74, 6) is -0.0433. The number of nitrogens with one attached hydrogen (secondary N) is 1. The lowest BCUT2D eigenvalue weighted by Gasteiger charge is -2.46. The van der Waals surface area contributed by atoms with Crippen molar-refractivity contribution in [3.05, 3.63) is 71.8 Å². The van der Waals surface area contributed by atoms with E-state index in [1.165, 1.54) is 5.56 Å². The molecular weight excluding hydrogens is 544 g/mol. The van der Waals surface area contributed by atoms with Crippen LogP contribution in [0.25, 0.3) is 0 Å². The van der Waals surface area contributed by atoms with E-state index in [0.717, 1.165) is 43.6 Å². The van der Waals surface area contributed by atoms with Crippen molar-refractivity contribution in [2.24, 2.45) is 16.9 Å². The van der Waals surface area contributed by atoms with Crippen molar-refractivity contribution >= 4 is 33.5 Å². The largest absolute Gasteiger partial charge is 0.379 e. The third kappa shape index (κ3) is 5.18. The summed E-state index contributed by atoms with van der Waals surface area (Å²) in [6, 6.07) is 20.5. The van der Waals surface area contributed by atoms with Gasteiger partial charge < -0.3 is 10.1 Å². The lowest BCUT2D eigenvalue weighted by molar-refractivity contribution is -0.135. The maximum absolute atomic E-state index is 13.8. The number of hydrazone groups is 1. The zero-order valence-corrected chi connectivity index (χ0v) is 23.1. The van der Waals surface area contributed by atoms with Crippen LogP contribution in [0.4, 0.5) is 0 Å². The van der Waals surface area contributed by atoms with Crippen molar-refractivity contribution in [2.75, 3.05) is 32.8 Å². The minimum absolute atomic E-state index is 0.0276. The molecule has 0 bridgehead atoms. The summed E-state index contributed by atoms with van der Waals surface area (Å²) in [7, 11) is 0. The zero-order valence-electron chi connectivity index (χ0n) is 21.5. The van der Waals surface area contributed by atoms with Crippen LogP contribution in [0.3, 0.4) is 0 Å². The van der Waals surface area contributed by atoms with Crippen molar-refractivity contribution in [3.8, 4) is 0 Å². The van der Waals surface area contributed by atoms with Crippen LogP contribution in [0.5, 0.6) is 0 Å². The van der Waals surface area contributed by atoms with Gasteiger partial charge >= 0.3 is 0 Å². The van der Waals surface area contributed by atoms with Crippen molar-refractivity contribution in [1.29, 1.82) is 0 Å². The first-order valence-corrected chi connectivity index (χ1v) is 14.7.